The lowest BCUT2D eigenvalue weighted by molar-refractivity contribution is 0.0535. The Morgan fingerprint density at radius 3 is 1.60 bits per heavy atom. The fourth-order valence-electron chi connectivity index (χ4n) is 2.82. The number of hydrogen-bond donors (Lipinski definition) is 0. The summed E-state index contributed by atoms with van der Waals surface area (Å²) in [5, 5.41) is 0. The van der Waals surface area contributed by atoms with E-state index in [0.29, 0.717) is 0 Å². The van der Waals surface area contributed by atoms with E-state index in [2.05, 4.69) is 20.8 Å². The smallest absolute Gasteiger partial charge is 0.373 e. The largest absolute Gasteiger partial charge is 0.501 e. The standard InChI is InChI=1S/C16H34O3Si/c1-4-12-17-20(18-13-5-2,19-14-6-3)15-16-10-8-7-9-11-16/h16H,4-15H2,1-3H3. The lowest BCUT2D eigenvalue weighted by Crippen LogP contribution is -2.48. The van der Waals surface area contributed by atoms with Gasteiger partial charge in [-0.15, -0.1) is 0 Å². The highest BCUT2D eigenvalue weighted by atomic mass is 28.4. The Morgan fingerprint density at radius 1 is 0.750 bits per heavy atom. The molecule has 1 aliphatic rings. The van der Waals surface area contributed by atoms with Crippen LogP contribution in [-0.2, 0) is 13.3 Å². The molecule has 0 unspecified atom stereocenters. The molecule has 4 heteroatoms. The van der Waals surface area contributed by atoms with Gasteiger partial charge in [-0.1, -0.05) is 52.9 Å². The summed E-state index contributed by atoms with van der Waals surface area (Å²) in [5.74, 6) is 0.751. The van der Waals surface area contributed by atoms with Crippen LogP contribution in [0, 0.1) is 5.92 Å². The summed E-state index contributed by atoms with van der Waals surface area (Å²) < 4.78 is 18.5. The minimum atomic E-state index is -2.45. The first kappa shape index (κ1) is 18.1. The van der Waals surface area contributed by atoms with Crippen molar-refractivity contribution in [3.05, 3.63) is 0 Å². The molecule has 0 aromatic carbocycles. The van der Waals surface area contributed by atoms with E-state index in [0.717, 1.165) is 51.0 Å². The van der Waals surface area contributed by atoms with E-state index < -0.39 is 8.80 Å². The highest BCUT2D eigenvalue weighted by Crippen LogP contribution is 2.32. The van der Waals surface area contributed by atoms with Gasteiger partial charge in [-0.25, -0.2) is 0 Å². The van der Waals surface area contributed by atoms with Crippen LogP contribution < -0.4 is 0 Å². The van der Waals surface area contributed by atoms with Crippen LogP contribution in [0.15, 0.2) is 0 Å². The summed E-state index contributed by atoms with van der Waals surface area (Å²) in [7, 11) is -2.45. The second kappa shape index (κ2) is 10.8. The monoisotopic (exact) mass is 302 g/mol. The molecule has 1 aliphatic carbocycles. The highest BCUT2D eigenvalue weighted by Gasteiger charge is 2.43. The molecule has 0 aromatic heterocycles. The third-order valence-corrected chi connectivity index (χ3v) is 6.85. The van der Waals surface area contributed by atoms with Gasteiger partial charge < -0.3 is 13.3 Å². The van der Waals surface area contributed by atoms with E-state index in [4.69, 9.17) is 13.3 Å². The van der Waals surface area contributed by atoms with Crippen LogP contribution in [0.1, 0.15) is 72.1 Å². The maximum atomic E-state index is 6.18. The third-order valence-electron chi connectivity index (χ3n) is 3.84. The molecule has 0 amide bonds. The van der Waals surface area contributed by atoms with Gasteiger partial charge in [0, 0.05) is 25.9 Å². The topological polar surface area (TPSA) is 27.7 Å². The van der Waals surface area contributed by atoms with Crippen molar-refractivity contribution in [1.29, 1.82) is 0 Å². The quantitative estimate of drug-likeness (QED) is 0.514. The van der Waals surface area contributed by atoms with Crippen LogP contribution in [0.25, 0.3) is 0 Å². The third kappa shape index (κ3) is 6.70. The van der Waals surface area contributed by atoms with E-state index in [1.54, 1.807) is 0 Å². The van der Waals surface area contributed by atoms with Crippen LogP contribution >= 0.6 is 0 Å². The molecular weight excluding hydrogens is 268 g/mol. The molecule has 0 bridgehead atoms. The fourth-order valence-corrected chi connectivity index (χ4v) is 6.08. The van der Waals surface area contributed by atoms with Crippen LogP contribution in [-0.4, -0.2) is 28.6 Å². The molecular formula is C16H34O3Si. The minimum Gasteiger partial charge on any atom is -0.373 e. The molecule has 120 valence electrons. The zero-order valence-electron chi connectivity index (χ0n) is 13.8. The van der Waals surface area contributed by atoms with Crippen molar-refractivity contribution < 1.29 is 13.3 Å². The van der Waals surface area contributed by atoms with Gasteiger partial charge in [0.15, 0.2) is 0 Å². The van der Waals surface area contributed by atoms with Crippen LogP contribution in [0.4, 0.5) is 0 Å². The number of hydrogen-bond acceptors (Lipinski definition) is 3. The summed E-state index contributed by atoms with van der Waals surface area (Å²) in [6.07, 6.45) is 9.88. The molecule has 0 saturated heterocycles. The Kier molecular flexibility index (Phi) is 9.77. The fraction of sp³-hybridized carbons (Fsp3) is 1.00. The summed E-state index contributed by atoms with van der Waals surface area (Å²) >= 11 is 0. The molecule has 0 spiro atoms. The normalized spacial score (nSPS) is 17.6. The van der Waals surface area contributed by atoms with E-state index in [-0.39, 0.29) is 0 Å². The molecule has 20 heavy (non-hydrogen) atoms. The van der Waals surface area contributed by atoms with Crippen molar-refractivity contribution in [2.45, 2.75) is 78.2 Å². The van der Waals surface area contributed by atoms with Gasteiger partial charge in [0.1, 0.15) is 0 Å². The van der Waals surface area contributed by atoms with Crippen LogP contribution in [0.5, 0.6) is 0 Å². The zero-order chi connectivity index (χ0) is 14.7. The Hall–Kier alpha value is 0.0969. The number of rotatable bonds is 11. The Bertz CT molecular complexity index is 208. The molecule has 0 heterocycles. The Labute approximate surface area is 126 Å². The molecule has 1 fully saturated rings. The van der Waals surface area contributed by atoms with Crippen molar-refractivity contribution in [3.63, 3.8) is 0 Å². The Balaban J connectivity index is 2.64. The van der Waals surface area contributed by atoms with Gasteiger partial charge in [-0.05, 0) is 25.2 Å². The van der Waals surface area contributed by atoms with E-state index in [9.17, 15) is 0 Å². The Morgan fingerprint density at radius 2 is 1.20 bits per heavy atom. The average molecular weight is 303 g/mol. The van der Waals surface area contributed by atoms with Crippen molar-refractivity contribution in [1.82, 2.24) is 0 Å². The average Bonchev–Trinajstić information content (AvgIpc) is 2.49. The molecule has 0 radical (unpaired) electrons. The van der Waals surface area contributed by atoms with Crippen molar-refractivity contribution >= 4 is 8.80 Å². The molecule has 0 aliphatic heterocycles. The van der Waals surface area contributed by atoms with Crippen molar-refractivity contribution in [3.8, 4) is 0 Å². The van der Waals surface area contributed by atoms with E-state index >= 15 is 0 Å². The van der Waals surface area contributed by atoms with Gasteiger partial charge >= 0.3 is 8.80 Å². The molecule has 0 atom stereocenters. The maximum absolute atomic E-state index is 6.18. The van der Waals surface area contributed by atoms with Gasteiger partial charge in [0.05, 0.1) is 0 Å². The highest BCUT2D eigenvalue weighted by molar-refractivity contribution is 6.60. The van der Waals surface area contributed by atoms with Crippen molar-refractivity contribution in [2.75, 3.05) is 19.8 Å². The second-order valence-corrected chi connectivity index (χ2v) is 8.58. The lowest BCUT2D eigenvalue weighted by atomic mass is 9.91. The van der Waals surface area contributed by atoms with Gasteiger partial charge in [0.25, 0.3) is 0 Å². The first-order valence-electron chi connectivity index (χ1n) is 8.68. The van der Waals surface area contributed by atoms with Crippen LogP contribution in [0.2, 0.25) is 6.04 Å². The summed E-state index contributed by atoms with van der Waals surface area (Å²) in [5.41, 5.74) is 0. The molecule has 1 saturated carbocycles. The molecule has 0 aromatic rings. The SMILES string of the molecule is CCCO[Si](CC1CCCCC1)(OCCC)OCCC. The minimum absolute atomic E-state index is 0.751. The molecule has 1 rings (SSSR count). The summed E-state index contributed by atoms with van der Waals surface area (Å²) in [6, 6.07) is 1.03. The predicted molar refractivity (Wildman–Crippen MR) is 85.9 cm³/mol. The van der Waals surface area contributed by atoms with E-state index in [1.165, 1.54) is 32.1 Å². The summed E-state index contributed by atoms with van der Waals surface area (Å²) in [4.78, 5) is 0. The van der Waals surface area contributed by atoms with Gasteiger partial charge in [0.2, 0.25) is 0 Å². The van der Waals surface area contributed by atoms with Gasteiger partial charge in [-0.2, -0.15) is 0 Å². The van der Waals surface area contributed by atoms with Gasteiger partial charge in [-0.3, -0.25) is 0 Å². The zero-order valence-corrected chi connectivity index (χ0v) is 14.8. The molecule has 3 nitrogen and oxygen atoms in total. The first-order chi connectivity index (χ1) is 9.76. The lowest BCUT2D eigenvalue weighted by Gasteiger charge is -2.33. The first-order valence-corrected chi connectivity index (χ1v) is 10.6. The van der Waals surface area contributed by atoms with E-state index in [1.807, 2.05) is 0 Å². The van der Waals surface area contributed by atoms with Crippen LogP contribution in [0.3, 0.4) is 0 Å². The summed E-state index contributed by atoms with van der Waals surface area (Å²) in [6.45, 7) is 8.77. The maximum Gasteiger partial charge on any atom is 0.501 e. The second-order valence-electron chi connectivity index (χ2n) is 5.94. The van der Waals surface area contributed by atoms with Crippen molar-refractivity contribution in [2.24, 2.45) is 5.92 Å². The predicted octanol–water partition coefficient (Wildman–Crippen LogP) is 4.79. The molecule has 0 N–H and O–H groups in total.